The molecule has 1 aliphatic rings. The lowest BCUT2D eigenvalue weighted by atomic mass is 10.2. The third kappa shape index (κ3) is 9.88. The van der Waals surface area contributed by atoms with E-state index < -0.39 is 12.0 Å². The summed E-state index contributed by atoms with van der Waals surface area (Å²) in [5.41, 5.74) is 1.42. The highest BCUT2D eigenvalue weighted by atomic mass is 35.5. The first-order valence-corrected chi connectivity index (χ1v) is 9.11. The van der Waals surface area contributed by atoms with Crippen molar-refractivity contribution in [2.75, 3.05) is 12.4 Å². The molecule has 26 heavy (non-hydrogen) atoms. The van der Waals surface area contributed by atoms with Gasteiger partial charge in [0.1, 0.15) is 5.82 Å². The first kappa shape index (κ1) is 23.7. The maximum absolute atomic E-state index is 11.9. The van der Waals surface area contributed by atoms with Gasteiger partial charge in [-0.3, -0.25) is 10.3 Å². The number of nitrogens with zero attached hydrogens (tertiary/aromatic N) is 1. The van der Waals surface area contributed by atoms with Gasteiger partial charge in [-0.05, 0) is 38.2 Å². The van der Waals surface area contributed by atoms with E-state index in [-0.39, 0.29) is 11.7 Å². The van der Waals surface area contributed by atoms with E-state index in [4.69, 9.17) is 16.7 Å². The number of alkyl halides is 1. The summed E-state index contributed by atoms with van der Waals surface area (Å²) in [6.07, 6.45) is 5.63. The molecule has 0 aromatic rings. The number of carboxylic acid groups (broad SMARTS) is 1. The molecular weight excluding hydrogens is 356 g/mol. The van der Waals surface area contributed by atoms with Crippen LogP contribution in [-0.4, -0.2) is 35.4 Å². The number of urea groups is 1. The fraction of sp³-hybridized carbons (Fsp3) is 0.500. The Bertz CT molecular complexity index is 593. The molecule has 8 heteroatoms. The SMILES string of the molecule is C=C(NC(=O)NC(=C/C)/C(C)=C\CCl)NC(=NCC1CC1)C(=O)O.CC. The lowest BCUT2D eigenvalue weighted by Crippen LogP contribution is -2.42. The van der Waals surface area contributed by atoms with Crippen molar-refractivity contribution < 1.29 is 14.7 Å². The van der Waals surface area contributed by atoms with Crippen molar-refractivity contribution in [1.29, 1.82) is 0 Å². The second kappa shape index (κ2) is 13.0. The van der Waals surface area contributed by atoms with Crippen molar-refractivity contribution in [3.8, 4) is 0 Å². The molecule has 0 heterocycles. The Hall–Kier alpha value is -2.28. The van der Waals surface area contributed by atoms with Gasteiger partial charge in [0.05, 0.1) is 0 Å². The molecule has 2 amide bonds. The lowest BCUT2D eigenvalue weighted by Gasteiger charge is -2.14. The first-order valence-electron chi connectivity index (χ1n) is 8.58. The van der Waals surface area contributed by atoms with E-state index in [9.17, 15) is 9.59 Å². The number of carbonyl (C=O) groups is 2. The summed E-state index contributed by atoms with van der Waals surface area (Å²) < 4.78 is 0. The molecule has 0 atom stereocenters. The summed E-state index contributed by atoms with van der Waals surface area (Å²) in [5.74, 6) is -0.621. The summed E-state index contributed by atoms with van der Waals surface area (Å²) >= 11 is 5.64. The minimum Gasteiger partial charge on any atom is -0.475 e. The molecule has 1 fully saturated rings. The number of nitrogens with one attached hydrogen (secondary N) is 3. The molecule has 0 aromatic heterocycles. The Morgan fingerprint density at radius 3 is 2.35 bits per heavy atom. The van der Waals surface area contributed by atoms with E-state index in [1.807, 2.05) is 20.8 Å². The second-order valence-electron chi connectivity index (χ2n) is 5.36. The number of aliphatic imine (C=N–C) groups is 1. The van der Waals surface area contributed by atoms with Gasteiger partial charge in [-0.1, -0.05) is 32.6 Å². The Balaban J connectivity index is 0.00000301. The molecule has 0 radical (unpaired) electrons. The molecule has 0 aliphatic heterocycles. The summed E-state index contributed by atoms with van der Waals surface area (Å²) in [7, 11) is 0. The minimum atomic E-state index is -1.20. The van der Waals surface area contributed by atoms with E-state index in [1.54, 1.807) is 19.1 Å². The van der Waals surface area contributed by atoms with Crippen LogP contribution in [0.4, 0.5) is 4.79 Å². The van der Waals surface area contributed by atoms with Gasteiger partial charge in [-0.15, -0.1) is 11.6 Å². The number of amides is 2. The molecule has 7 nitrogen and oxygen atoms in total. The number of amidine groups is 1. The molecule has 4 N–H and O–H groups in total. The maximum Gasteiger partial charge on any atom is 0.371 e. The summed E-state index contributed by atoms with van der Waals surface area (Å²) in [4.78, 5) is 27.1. The van der Waals surface area contributed by atoms with Crippen LogP contribution in [0.2, 0.25) is 0 Å². The largest absolute Gasteiger partial charge is 0.475 e. The zero-order valence-corrected chi connectivity index (χ0v) is 16.6. The fourth-order valence-corrected chi connectivity index (χ4v) is 2.00. The minimum absolute atomic E-state index is 0.0267. The van der Waals surface area contributed by atoms with Crippen molar-refractivity contribution in [1.82, 2.24) is 16.0 Å². The lowest BCUT2D eigenvalue weighted by molar-refractivity contribution is -0.129. The van der Waals surface area contributed by atoms with E-state index in [2.05, 4.69) is 27.5 Å². The molecule has 0 bridgehead atoms. The number of hydrogen-bond acceptors (Lipinski definition) is 3. The number of hydrogen-bond donors (Lipinski definition) is 4. The summed E-state index contributed by atoms with van der Waals surface area (Å²) in [5, 5.41) is 16.7. The zero-order valence-electron chi connectivity index (χ0n) is 15.9. The molecule has 0 spiro atoms. The predicted molar refractivity (Wildman–Crippen MR) is 106 cm³/mol. The van der Waals surface area contributed by atoms with Crippen LogP contribution >= 0.6 is 11.6 Å². The number of allylic oxidation sites excluding steroid dienone is 3. The molecule has 1 saturated carbocycles. The zero-order chi connectivity index (χ0) is 20.1. The third-order valence-corrected chi connectivity index (χ3v) is 3.44. The van der Waals surface area contributed by atoms with Crippen LogP contribution in [-0.2, 0) is 4.79 Å². The number of rotatable bonds is 7. The van der Waals surface area contributed by atoms with Gasteiger partial charge >= 0.3 is 12.0 Å². The number of carbonyl (C=O) groups excluding carboxylic acids is 1. The normalized spacial score (nSPS) is 14.7. The van der Waals surface area contributed by atoms with E-state index in [0.717, 1.165) is 18.4 Å². The first-order chi connectivity index (χ1) is 12.4. The van der Waals surface area contributed by atoms with E-state index >= 15 is 0 Å². The fourth-order valence-electron chi connectivity index (χ4n) is 1.77. The Morgan fingerprint density at radius 1 is 1.27 bits per heavy atom. The molecule has 0 unspecified atom stereocenters. The number of carboxylic acids is 1. The van der Waals surface area contributed by atoms with Gasteiger partial charge in [0.25, 0.3) is 0 Å². The van der Waals surface area contributed by atoms with Crippen LogP contribution in [0.1, 0.15) is 40.5 Å². The van der Waals surface area contributed by atoms with Gasteiger partial charge in [0.15, 0.2) is 0 Å². The third-order valence-electron chi connectivity index (χ3n) is 3.29. The highest BCUT2D eigenvalue weighted by Gasteiger charge is 2.22. The van der Waals surface area contributed by atoms with Crippen LogP contribution in [0.25, 0.3) is 0 Å². The Kier molecular flexibility index (Phi) is 11.9. The van der Waals surface area contributed by atoms with Crippen LogP contribution in [0.3, 0.4) is 0 Å². The van der Waals surface area contributed by atoms with Crippen LogP contribution in [0, 0.1) is 5.92 Å². The Morgan fingerprint density at radius 2 is 1.88 bits per heavy atom. The van der Waals surface area contributed by atoms with Crippen molar-refractivity contribution >= 4 is 29.4 Å². The van der Waals surface area contributed by atoms with Crippen molar-refractivity contribution in [2.45, 2.75) is 40.5 Å². The van der Waals surface area contributed by atoms with Gasteiger partial charge in [0.2, 0.25) is 5.84 Å². The van der Waals surface area contributed by atoms with Gasteiger partial charge in [-0.25, -0.2) is 9.59 Å². The molecule has 0 aromatic carbocycles. The van der Waals surface area contributed by atoms with Gasteiger partial charge in [-0.2, -0.15) is 0 Å². The quantitative estimate of drug-likeness (QED) is 0.234. The van der Waals surface area contributed by atoms with Crippen LogP contribution in [0.15, 0.2) is 40.8 Å². The van der Waals surface area contributed by atoms with E-state index in [0.29, 0.717) is 24.0 Å². The maximum atomic E-state index is 11.9. The van der Waals surface area contributed by atoms with Crippen molar-refractivity contribution in [3.05, 3.63) is 35.8 Å². The molecule has 1 rings (SSSR count). The summed E-state index contributed by atoms with van der Waals surface area (Å²) in [6, 6.07) is -0.546. The molecule has 1 aliphatic carbocycles. The highest BCUT2D eigenvalue weighted by Crippen LogP contribution is 2.28. The average molecular weight is 385 g/mol. The second-order valence-corrected chi connectivity index (χ2v) is 5.67. The average Bonchev–Trinajstić information content (AvgIpc) is 3.42. The standard InChI is InChI=1S/C16H23ClN4O3.C2H6/c1-4-13(10(2)7-8-17)21-16(24)20-11(3)19-14(15(22)23)18-9-12-5-6-12;1-2/h4,7,12H,3,5-6,8-9H2,1-2H3,(H,18,19)(H,22,23)(H2,20,21,24);1-2H3/b10-7-,13-4+;. The summed E-state index contributed by atoms with van der Waals surface area (Å²) in [6.45, 7) is 11.6. The topological polar surface area (TPSA) is 103 Å². The van der Waals surface area contributed by atoms with Crippen LogP contribution < -0.4 is 16.0 Å². The molecule has 0 saturated heterocycles. The Labute approximate surface area is 160 Å². The predicted octanol–water partition coefficient (Wildman–Crippen LogP) is 3.35. The number of aliphatic carboxylic acids is 1. The highest BCUT2D eigenvalue weighted by molar-refractivity contribution is 6.34. The van der Waals surface area contributed by atoms with Gasteiger partial charge in [0, 0.05) is 18.1 Å². The van der Waals surface area contributed by atoms with Crippen molar-refractivity contribution in [3.63, 3.8) is 0 Å². The smallest absolute Gasteiger partial charge is 0.371 e. The van der Waals surface area contributed by atoms with Crippen molar-refractivity contribution in [2.24, 2.45) is 10.9 Å². The van der Waals surface area contributed by atoms with Crippen LogP contribution in [0.5, 0.6) is 0 Å². The molecule has 146 valence electrons. The monoisotopic (exact) mass is 384 g/mol. The van der Waals surface area contributed by atoms with E-state index in [1.165, 1.54) is 0 Å². The number of halogens is 1. The van der Waals surface area contributed by atoms with Gasteiger partial charge < -0.3 is 15.7 Å². The molecular formula is C18H29ClN4O3.